The number of hydrogen-bond acceptors (Lipinski definition) is 4. The summed E-state index contributed by atoms with van der Waals surface area (Å²) in [5.41, 5.74) is 12.2. The minimum Gasteiger partial charge on any atom is -0.454 e. The molecule has 0 aromatic heterocycles. The van der Waals surface area contributed by atoms with Crippen molar-refractivity contribution >= 4 is 18.1 Å². The largest absolute Gasteiger partial charge is 0.454 e. The van der Waals surface area contributed by atoms with Crippen LogP contribution in [0.5, 0.6) is 11.5 Å². The van der Waals surface area contributed by atoms with Crippen molar-refractivity contribution < 1.29 is 9.47 Å². The van der Waals surface area contributed by atoms with E-state index in [2.05, 4.69) is 79.7 Å². The number of anilines is 1. The molecule has 2 N–H and O–H groups in total. The third kappa shape index (κ3) is 4.72. The lowest BCUT2D eigenvalue weighted by atomic mass is 9.85. The first-order chi connectivity index (χ1) is 14.2. The maximum atomic E-state index is 5.90. The Hall–Kier alpha value is -2.69. The molecule has 158 valence electrons. The van der Waals surface area contributed by atoms with Crippen LogP contribution in [-0.2, 0) is 13.0 Å². The van der Waals surface area contributed by atoms with E-state index in [1.54, 1.807) is 0 Å². The summed E-state index contributed by atoms with van der Waals surface area (Å²) < 4.78 is 11.1. The molecule has 1 heterocycles. The molecule has 1 aliphatic heterocycles. The fourth-order valence-corrected chi connectivity index (χ4v) is 4.04. The standard InChI is InChI=1S/C25H28N2O2.ClH/c1-27(2)23-12-8-18(16-26)14-21(23)9-11-22(19-6-4-3-5-7-19)20-10-13-24-25(15-20)29-17-28-24;/h3-8,10,12-15,22H,9,11,16-17,26H2,1-2H3;1H. The van der Waals surface area contributed by atoms with Gasteiger partial charge in [-0.1, -0.05) is 48.5 Å². The van der Waals surface area contributed by atoms with E-state index in [9.17, 15) is 0 Å². The fourth-order valence-electron chi connectivity index (χ4n) is 4.04. The van der Waals surface area contributed by atoms with Gasteiger partial charge in [0.05, 0.1) is 0 Å². The van der Waals surface area contributed by atoms with Crippen LogP contribution in [0.4, 0.5) is 5.69 Å². The summed E-state index contributed by atoms with van der Waals surface area (Å²) in [6.07, 6.45) is 1.97. The van der Waals surface area contributed by atoms with Crippen LogP contribution >= 0.6 is 12.4 Å². The van der Waals surface area contributed by atoms with E-state index in [1.165, 1.54) is 27.9 Å². The molecule has 0 radical (unpaired) electrons. The number of nitrogens with zero attached hydrogens (tertiary/aromatic N) is 1. The molecule has 3 aromatic carbocycles. The van der Waals surface area contributed by atoms with Gasteiger partial charge in [-0.15, -0.1) is 12.4 Å². The smallest absolute Gasteiger partial charge is 0.231 e. The van der Waals surface area contributed by atoms with Gasteiger partial charge in [-0.25, -0.2) is 0 Å². The van der Waals surface area contributed by atoms with Crippen molar-refractivity contribution in [2.24, 2.45) is 5.73 Å². The summed E-state index contributed by atoms with van der Waals surface area (Å²) in [6, 6.07) is 23.5. The predicted octanol–water partition coefficient (Wildman–Crippen LogP) is 5.13. The minimum absolute atomic E-state index is 0. The highest BCUT2D eigenvalue weighted by Gasteiger charge is 2.20. The Labute approximate surface area is 185 Å². The van der Waals surface area contributed by atoms with E-state index >= 15 is 0 Å². The van der Waals surface area contributed by atoms with Gasteiger partial charge in [-0.2, -0.15) is 0 Å². The molecule has 0 spiro atoms. The molecule has 1 aliphatic rings. The Balaban J connectivity index is 0.00000256. The van der Waals surface area contributed by atoms with Gasteiger partial charge in [-0.05, 0) is 53.3 Å². The molecule has 4 nitrogen and oxygen atoms in total. The Morgan fingerprint density at radius 2 is 1.67 bits per heavy atom. The van der Waals surface area contributed by atoms with Gasteiger partial charge in [0.1, 0.15) is 0 Å². The Morgan fingerprint density at radius 1 is 0.900 bits per heavy atom. The molecule has 0 bridgehead atoms. The summed E-state index contributed by atoms with van der Waals surface area (Å²) in [6.45, 7) is 0.859. The molecule has 4 rings (SSSR count). The zero-order chi connectivity index (χ0) is 20.2. The van der Waals surface area contributed by atoms with Crippen LogP contribution in [0.25, 0.3) is 0 Å². The van der Waals surface area contributed by atoms with Crippen molar-refractivity contribution in [2.75, 3.05) is 25.8 Å². The molecule has 1 atom stereocenters. The molecule has 5 heteroatoms. The summed E-state index contributed by atoms with van der Waals surface area (Å²) in [5.74, 6) is 1.94. The van der Waals surface area contributed by atoms with Crippen molar-refractivity contribution in [2.45, 2.75) is 25.3 Å². The number of hydrogen-bond donors (Lipinski definition) is 1. The summed E-state index contributed by atoms with van der Waals surface area (Å²) >= 11 is 0. The van der Waals surface area contributed by atoms with Crippen LogP contribution < -0.4 is 20.1 Å². The van der Waals surface area contributed by atoms with Crippen LogP contribution in [0.1, 0.15) is 34.6 Å². The van der Waals surface area contributed by atoms with Gasteiger partial charge in [0.25, 0.3) is 0 Å². The van der Waals surface area contributed by atoms with Gasteiger partial charge < -0.3 is 20.1 Å². The third-order valence-electron chi connectivity index (χ3n) is 5.56. The van der Waals surface area contributed by atoms with E-state index in [0.717, 1.165) is 24.3 Å². The lowest BCUT2D eigenvalue weighted by molar-refractivity contribution is 0.174. The van der Waals surface area contributed by atoms with Crippen LogP contribution in [-0.4, -0.2) is 20.9 Å². The second kappa shape index (κ2) is 9.88. The monoisotopic (exact) mass is 424 g/mol. The number of halogens is 1. The molecular weight excluding hydrogens is 396 g/mol. The molecule has 0 saturated carbocycles. The second-order valence-electron chi connectivity index (χ2n) is 7.68. The third-order valence-corrected chi connectivity index (χ3v) is 5.56. The average molecular weight is 425 g/mol. The summed E-state index contributed by atoms with van der Waals surface area (Å²) in [7, 11) is 4.18. The molecule has 0 aliphatic carbocycles. The summed E-state index contributed by atoms with van der Waals surface area (Å²) in [4.78, 5) is 2.17. The molecule has 1 unspecified atom stereocenters. The van der Waals surface area contributed by atoms with Gasteiger partial charge in [-0.3, -0.25) is 0 Å². The minimum atomic E-state index is 0. The first-order valence-corrected chi connectivity index (χ1v) is 10.1. The fraction of sp³-hybridized carbons (Fsp3) is 0.280. The maximum absolute atomic E-state index is 5.90. The van der Waals surface area contributed by atoms with Crippen LogP contribution in [0.2, 0.25) is 0 Å². The first-order valence-electron chi connectivity index (χ1n) is 10.1. The highest BCUT2D eigenvalue weighted by atomic mass is 35.5. The molecule has 0 saturated heterocycles. The normalized spacial score (nSPS) is 12.9. The predicted molar refractivity (Wildman–Crippen MR) is 125 cm³/mol. The number of aryl methyl sites for hydroxylation is 1. The van der Waals surface area contributed by atoms with Gasteiger partial charge >= 0.3 is 0 Å². The Kier molecular flexibility index (Phi) is 7.24. The average Bonchev–Trinajstić information content (AvgIpc) is 3.22. The zero-order valence-electron chi connectivity index (χ0n) is 17.5. The Morgan fingerprint density at radius 3 is 2.40 bits per heavy atom. The highest BCUT2D eigenvalue weighted by Crippen LogP contribution is 2.38. The van der Waals surface area contributed by atoms with Crippen molar-refractivity contribution in [3.05, 3.63) is 89.0 Å². The zero-order valence-corrected chi connectivity index (χ0v) is 18.3. The quantitative estimate of drug-likeness (QED) is 0.571. The number of fused-ring (bicyclic) bond motifs is 1. The molecule has 30 heavy (non-hydrogen) atoms. The van der Waals surface area contributed by atoms with Crippen LogP contribution in [0.3, 0.4) is 0 Å². The van der Waals surface area contributed by atoms with E-state index in [-0.39, 0.29) is 18.3 Å². The van der Waals surface area contributed by atoms with E-state index in [4.69, 9.17) is 15.2 Å². The Bertz CT molecular complexity index is 976. The molecule has 3 aromatic rings. The number of ether oxygens (including phenoxy) is 2. The van der Waals surface area contributed by atoms with Gasteiger partial charge in [0.15, 0.2) is 11.5 Å². The second-order valence-corrected chi connectivity index (χ2v) is 7.68. The van der Waals surface area contributed by atoms with Crippen molar-refractivity contribution in [3.8, 4) is 11.5 Å². The van der Waals surface area contributed by atoms with Crippen molar-refractivity contribution in [1.82, 2.24) is 0 Å². The molecular formula is C25H29ClN2O2. The van der Waals surface area contributed by atoms with Crippen LogP contribution in [0.15, 0.2) is 66.7 Å². The van der Waals surface area contributed by atoms with Crippen LogP contribution in [0, 0.1) is 0 Å². The van der Waals surface area contributed by atoms with E-state index < -0.39 is 0 Å². The SMILES string of the molecule is CN(C)c1ccc(CN)cc1CCC(c1ccccc1)c1ccc2c(c1)OCO2.Cl. The highest BCUT2D eigenvalue weighted by molar-refractivity contribution is 5.85. The number of benzene rings is 3. The van der Waals surface area contributed by atoms with E-state index in [1.807, 2.05) is 6.07 Å². The first kappa shape index (κ1) is 22.0. The topological polar surface area (TPSA) is 47.7 Å². The summed E-state index contributed by atoms with van der Waals surface area (Å²) in [5, 5.41) is 0. The lowest BCUT2D eigenvalue weighted by Crippen LogP contribution is -2.13. The number of nitrogens with two attached hydrogens (primary N) is 1. The van der Waals surface area contributed by atoms with Crippen molar-refractivity contribution in [1.29, 1.82) is 0 Å². The van der Waals surface area contributed by atoms with E-state index in [0.29, 0.717) is 13.3 Å². The number of rotatable bonds is 7. The van der Waals surface area contributed by atoms with Crippen molar-refractivity contribution in [3.63, 3.8) is 0 Å². The molecule has 0 fully saturated rings. The molecule has 0 amide bonds. The maximum Gasteiger partial charge on any atom is 0.231 e. The van der Waals surface area contributed by atoms with Gasteiger partial charge in [0, 0.05) is 32.2 Å². The van der Waals surface area contributed by atoms with Gasteiger partial charge in [0.2, 0.25) is 6.79 Å². The lowest BCUT2D eigenvalue weighted by Gasteiger charge is -2.22.